The molecule has 2 aromatic heterocycles. The molecule has 0 atom stereocenters. The summed E-state index contributed by atoms with van der Waals surface area (Å²) in [6.45, 7) is 3.77. The molecule has 3 rings (SSSR count). The van der Waals surface area contributed by atoms with Crippen LogP contribution in [0.4, 0.5) is 0 Å². The smallest absolute Gasteiger partial charge is 0.284 e. The number of aromatic nitrogens is 4. The number of nitrogens with zero attached hydrogens (tertiary/aromatic N) is 6. The zero-order valence-electron chi connectivity index (χ0n) is 10.3. The van der Waals surface area contributed by atoms with Crippen LogP contribution in [-0.4, -0.2) is 67.6 Å². The molecule has 2 aromatic rings. The number of rotatable bonds is 1. The Morgan fingerprint density at radius 1 is 1.21 bits per heavy atom. The second kappa shape index (κ2) is 4.57. The Bertz CT molecular complexity index is 598. The fourth-order valence-corrected chi connectivity index (χ4v) is 2.79. The normalized spacial score (nSPS) is 16.1. The monoisotopic (exact) mass is 280 g/mol. The quantitative estimate of drug-likeness (QED) is 0.702. The highest BCUT2D eigenvalue weighted by Crippen LogP contribution is 2.15. The highest BCUT2D eigenvalue weighted by atomic mass is 32.1. The van der Waals surface area contributed by atoms with Gasteiger partial charge in [0.25, 0.3) is 5.91 Å². The fraction of sp³-hybridized carbons (Fsp3) is 0.500. The van der Waals surface area contributed by atoms with Gasteiger partial charge in [-0.3, -0.25) is 9.59 Å². The third kappa shape index (κ3) is 2.16. The van der Waals surface area contributed by atoms with Crippen LogP contribution in [0.15, 0.2) is 6.33 Å². The molecule has 2 amide bonds. The van der Waals surface area contributed by atoms with Gasteiger partial charge in [0.2, 0.25) is 15.9 Å². The van der Waals surface area contributed by atoms with E-state index < -0.39 is 0 Å². The molecule has 19 heavy (non-hydrogen) atoms. The molecule has 1 fully saturated rings. The van der Waals surface area contributed by atoms with E-state index in [1.807, 2.05) is 0 Å². The number of fused-ring (bicyclic) bond motifs is 1. The minimum Gasteiger partial charge on any atom is -0.339 e. The molecule has 0 spiro atoms. The summed E-state index contributed by atoms with van der Waals surface area (Å²) in [6, 6.07) is 0. The first kappa shape index (κ1) is 12.0. The van der Waals surface area contributed by atoms with Crippen LogP contribution in [0, 0.1) is 0 Å². The van der Waals surface area contributed by atoms with E-state index in [-0.39, 0.29) is 11.8 Å². The lowest BCUT2D eigenvalue weighted by Crippen LogP contribution is -2.50. The molecule has 0 bridgehead atoms. The molecule has 0 aromatic carbocycles. The lowest BCUT2D eigenvalue weighted by Gasteiger charge is -2.33. The molecule has 1 aliphatic heterocycles. The summed E-state index contributed by atoms with van der Waals surface area (Å²) in [5.74, 6) is -0.0652. The first-order chi connectivity index (χ1) is 9.15. The van der Waals surface area contributed by atoms with Crippen molar-refractivity contribution < 1.29 is 9.59 Å². The zero-order chi connectivity index (χ0) is 13.4. The predicted octanol–water partition coefficient (Wildman–Crippen LogP) is -0.510. The standard InChI is InChI=1S/C10H12N6O2S/c1-7(17)14-2-4-15(5-3-14)9(18)8-13-16-6-11-12-10(16)19-8/h6H,2-5H2,1H3. The predicted molar refractivity (Wildman–Crippen MR) is 66.8 cm³/mol. The molecule has 1 saturated heterocycles. The Labute approximate surface area is 112 Å². The summed E-state index contributed by atoms with van der Waals surface area (Å²) >= 11 is 1.22. The highest BCUT2D eigenvalue weighted by molar-refractivity contribution is 7.18. The molecular formula is C10H12N6O2S. The lowest BCUT2D eigenvalue weighted by molar-refractivity contribution is -0.130. The third-order valence-electron chi connectivity index (χ3n) is 3.08. The van der Waals surface area contributed by atoms with Crippen molar-refractivity contribution >= 4 is 28.1 Å². The number of carbonyl (C=O) groups is 2. The van der Waals surface area contributed by atoms with Gasteiger partial charge in [0.1, 0.15) is 6.33 Å². The second-order valence-electron chi connectivity index (χ2n) is 4.26. The van der Waals surface area contributed by atoms with E-state index in [1.54, 1.807) is 16.7 Å². The molecule has 8 nitrogen and oxygen atoms in total. The van der Waals surface area contributed by atoms with Gasteiger partial charge in [-0.2, -0.15) is 4.52 Å². The Morgan fingerprint density at radius 3 is 2.53 bits per heavy atom. The van der Waals surface area contributed by atoms with Crippen molar-refractivity contribution in [3.8, 4) is 0 Å². The molecule has 0 saturated carbocycles. The van der Waals surface area contributed by atoms with Crippen LogP contribution in [0.5, 0.6) is 0 Å². The van der Waals surface area contributed by atoms with E-state index in [4.69, 9.17) is 0 Å². The molecule has 0 aliphatic carbocycles. The van der Waals surface area contributed by atoms with Crippen LogP contribution in [0.25, 0.3) is 4.96 Å². The Kier molecular flexibility index (Phi) is 2.90. The number of hydrogen-bond donors (Lipinski definition) is 0. The van der Waals surface area contributed by atoms with Gasteiger partial charge < -0.3 is 9.80 Å². The topological polar surface area (TPSA) is 83.7 Å². The van der Waals surface area contributed by atoms with Crippen molar-refractivity contribution in [3.05, 3.63) is 11.3 Å². The minimum atomic E-state index is -0.112. The number of piperazine rings is 1. The molecular weight excluding hydrogens is 268 g/mol. The van der Waals surface area contributed by atoms with Crippen LogP contribution in [0.3, 0.4) is 0 Å². The zero-order valence-corrected chi connectivity index (χ0v) is 11.1. The van der Waals surface area contributed by atoms with Gasteiger partial charge in [0, 0.05) is 33.1 Å². The maximum atomic E-state index is 12.3. The average Bonchev–Trinajstić information content (AvgIpc) is 2.98. The Morgan fingerprint density at radius 2 is 1.89 bits per heavy atom. The summed E-state index contributed by atoms with van der Waals surface area (Å²) in [4.78, 5) is 27.5. The van der Waals surface area contributed by atoms with Gasteiger partial charge in [-0.15, -0.1) is 15.3 Å². The van der Waals surface area contributed by atoms with Crippen LogP contribution in [0.2, 0.25) is 0 Å². The van der Waals surface area contributed by atoms with Gasteiger partial charge >= 0.3 is 0 Å². The van der Waals surface area contributed by atoms with Gasteiger partial charge in [0.05, 0.1) is 0 Å². The number of hydrogen-bond acceptors (Lipinski definition) is 6. The first-order valence-electron chi connectivity index (χ1n) is 5.87. The van der Waals surface area contributed by atoms with Crippen LogP contribution < -0.4 is 0 Å². The van der Waals surface area contributed by atoms with E-state index in [9.17, 15) is 9.59 Å². The van der Waals surface area contributed by atoms with Crippen molar-refractivity contribution in [1.82, 2.24) is 29.6 Å². The van der Waals surface area contributed by atoms with Gasteiger partial charge in [-0.05, 0) is 0 Å². The maximum Gasteiger partial charge on any atom is 0.284 e. The van der Waals surface area contributed by atoms with Crippen molar-refractivity contribution in [3.63, 3.8) is 0 Å². The van der Waals surface area contributed by atoms with E-state index in [1.165, 1.54) is 22.2 Å². The molecule has 0 N–H and O–H groups in total. The summed E-state index contributed by atoms with van der Waals surface area (Å²) in [5.41, 5.74) is 0. The summed E-state index contributed by atoms with van der Waals surface area (Å²) in [6.07, 6.45) is 1.47. The van der Waals surface area contributed by atoms with E-state index in [0.717, 1.165) is 0 Å². The molecule has 1 aliphatic rings. The van der Waals surface area contributed by atoms with E-state index in [0.29, 0.717) is 36.1 Å². The highest BCUT2D eigenvalue weighted by Gasteiger charge is 2.25. The fourth-order valence-electron chi connectivity index (χ4n) is 2.01. The summed E-state index contributed by atoms with van der Waals surface area (Å²) < 4.78 is 1.49. The average molecular weight is 280 g/mol. The number of carbonyl (C=O) groups excluding carboxylic acids is 2. The van der Waals surface area contributed by atoms with E-state index in [2.05, 4.69) is 15.3 Å². The number of amides is 2. The molecule has 0 radical (unpaired) electrons. The van der Waals surface area contributed by atoms with Crippen molar-refractivity contribution in [2.24, 2.45) is 0 Å². The largest absolute Gasteiger partial charge is 0.339 e. The van der Waals surface area contributed by atoms with Crippen LogP contribution >= 0.6 is 11.3 Å². The summed E-state index contributed by atoms with van der Waals surface area (Å²) in [7, 11) is 0. The van der Waals surface area contributed by atoms with Crippen molar-refractivity contribution in [2.75, 3.05) is 26.2 Å². The van der Waals surface area contributed by atoms with Crippen molar-refractivity contribution in [1.29, 1.82) is 0 Å². The molecule has 0 unspecified atom stereocenters. The molecule has 3 heterocycles. The van der Waals surface area contributed by atoms with Crippen molar-refractivity contribution in [2.45, 2.75) is 6.92 Å². The molecule has 100 valence electrons. The lowest BCUT2D eigenvalue weighted by atomic mass is 10.3. The third-order valence-corrected chi connectivity index (χ3v) is 3.98. The maximum absolute atomic E-state index is 12.3. The van der Waals surface area contributed by atoms with Gasteiger partial charge in [-0.1, -0.05) is 11.3 Å². The minimum absolute atomic E-state index is 0.0471. The Hall–Kier alpha value is -2.03. The summed E-state index contributed by atoms with van der Waals surface area (Å²) in [5, 5.41) is 12.1. The van der Waals surface area contributed by atoms with Crippen LogP contribution in [-0.2, 0) is 4.79 Å². The second-order valence-corrected chi connectivity index (χ2v) is 5.22. The van der Waals surface area contributed by atoms with Gasteiger partial charge in [0.15, 0.2) is 0 Å². The van der Waals surface area contributed by atoms with E-state index >= 15 is 0 Å². The first-order valence-corrected chi connectivity index (χ1v) is 6.68. The Balaban J connectivity index is 1.71. The van der Waals surface area contributed by atoms with Gasteiger partial charge in [-0.25, -0.2) is 0 Å². The molecule has 9 heteroatoms. The SMILES string of the molecule is CC(=O)N1CCN(C(=O)c2nn3cnnc3s2)CC1. The van der Waals surface area contributed by atoms with Crippen LogP contribution in [0.1, 0.15) is 16.7 Å².